The van der Waals surface area contributed by atoms with Gasteiger partial charge in [0.25, 0.3) is 11.8 Å². The molecule has 6 rings (SSSR count). The number of nitrogens with one attached hydrogen (secondary N) is 2. The Labute approximate surface area is 264 Å². The van der Waals surface area contributed by atoms with Crippen molar-refractivity contribution in [3.05, 3.63) is 131 Å². The summed E-state index contributed by atoms with van der Waals surface area (Å²) in [6.07, 6.45) is 3.36. The molecule has 2 aliphatic rings. The Morgan fingerprint density at radius 3 is 1.23 bits per heavy atom. The van der Waals surface area contributed by atoms with E-state index in [0.717, 1.165) is 22.5 Å². The molecule has 0 radical (unpaired) electrons. The summed E-state index contributed by atoms with van der Waals surface area (Å²) in [5.74, 6) is -0.422. The highest BCUT2D eigenvalue weighted by molar-refractivity contribution is 6.32. The van der Waals surface area contributed by atoms with Gasteiger partial charge in [0.1, 0.15) is 0 Å². The summed E-state index contributed by atoms with van der Waals surface area (Å²) in [5, 5.41) is 19.1. The van der Waals surface area contributed by atoms with Crippen LogP contribution in [0.15, 0.2) is 131 Å². The van der Waals surface area contributed by atoms with E-state index in [1.807, 2.05) is 48.5 Å². The zero-order valence-electron chi connectivity index (χ0n) is 23.8. The van der Waals surface area contributed by atoms with Gasteiger partial charge in [-0.05, 0) is 97.8 Å². The number of hydrogen-bond donors (Lipinski definition) is 2. The van der Waals surface area contributed by atoms with Crippen molar-refractivity contribution >= 4 is 69.2 Å². The molecule has 4 aromatic carbocycles. The van der Waals surface area contributed by atoms with Crippen molar-refractivity contribution in [1.29, 1.82) is 0 Å². The maximum Gasteiger partial charge on any atom is 0.282 e. The predicted molar refractivity (Wildman–Crippen MR) is 179 cm³/mol. The lowest BCUT2D eigenvalue weighted by Crippen LogP contribution is -2.21. The number of hydrazone groups is 2. The number of benzene rings is 4. The second kappa shape index (κ2) is 12.2. The summed E-state index contributed by atoms with van der Waals surface area (Å²) in [6.45, 7) is 3.60. The molecule has 0 aromatic heterocycles. The molecule has 0 fully saturated rings. The first-order valence-corrected chi connectivity index (χ1v) is 14.5. The third kappa shape index (κ3) is 5.99. The molecule has 218 valence electrons. The maximum atomic E-state index is 13.0. The highest BCUT2D eigenvalue weighted by atomic mass is 35.5. The number of amides is 2. The fourth-order valence-electron chi connectivity index (χ4n) is 4.71. The van der Waals surface area contributed by atoms with Gasteiger partial charge >= 0.3 is 0 Å². The van der Waals surface area contributed by atoms with Gasteiger partial charge in [0, 0.05) is 33.8 Å². The zero-order valence-corrected chi connectivity index (χ0v) is 25.3. The van der Waals surface area contributed by atoms with Crippen molar-refractivity contribution in [2.45, 2.75) is 13.8 Å². The smallest absolute Gasteiger partial charge is 0.282 e. The topological polar surface area (TPSA) is 89.4 Å². The van der Waals surface area contributed by atoms with Crippen molar-refractivity contribution in [2.24, 2.45) is 10.2 Å². The van der Waals surface area contributed by atoms with E-state index in [4.69, 9.17) is 23.2 Å². The Hall–Kier alpha value is -5.18. The zero-order chi connectivity index (χ0) is 30.8. The molecular weight excluding hydrogens is 595 g/mol. The van der Waals surface area contributed by atoms with Crippen LogP contribution < -0.4 is 20.7 Å². The first kappa shape index (κ1) is 28.9. The molecule has 2 N–H and O–H groups in total. The summed E-state index contributed by atoms with van der Waals surface area (Å²) >= 11 is 11.9. The van der Waals surface area contributed by atoms with E-state index in [0.29, 0.717) is 44.0 Å². The molecule has 8 nitrogen and oxygen atoms in total. The number of anilines is 4. The third-order valence-electron chi connectivity index (χ3n) is 7.14. The first-order chi connectivity index (χ1) is 21.3. The van der Waals surface area contributed by atoms with Crippen molar-refractivity contribution in [2.75, 3.05) is 20.7 Å². The standard InChI is InChI=1S/C34H26Cl2N6O2/c1-21-31(33(43)41(39-21)29-15-7-25(35)8-16-29)19-37-27-11-3-23(4-12-27)24-5-13-28(14-6-24)38-20-32-22(2)40-42(34(32)44)30-17-9-26(36)10-18-30/h3-20,37-38H,1-2H3/b31-19+,32-20?. The van der Waals surface area contributed by atoms with Crippen LogP contribution in [0.5, 0.6) is 0 Å². The van der Waals surface area contributed by atoms with Crippen LogP contribution in [0, 0.1) is 0 Å². The van der Waals surface area contributed by atoms with Gasteiger partial charge in [0.15, 0.2) is 0 Å². The second-order valence-electron chi connectivity index (χ2n) is 10.1. The largest absolute Gasteiger partial charge is 0.361 e. The number of rotatable bonds is 7. The normalized spacial score (nSPS) is 16.5. The second-order valence-corrected chi connectivity index (χ2v) is 11.0. The molecule has 44 heavy (non-hydrogen) atoms. The van der Waals surface area contributed by atoms with Crippen LogP contribution in [0.3, 0.4) is 0 Å². The van der Waals surface area contributed by atoms with Gasteiger partial charge in [-0.25, -0.2) is 0 Å². The van der Waals surface area contributed by atoms with E-state index in [-0.39, 0.29) is 11.8 Å². The minimum absolute atomic E-state index is 0.211. The molecular formula is C34H26Cl2N6O2. The van der Waals surface area contributed by atoms with Crippen LogP contribution in [0.25, 0.3) is 11.1 Å². The van der Waals surface area contributed by atoms with E-state index in [9.17, 15) is 9.59 Å². The van der Waals surface area contributed by atoms with E-state index in [1.165, 1.54) is 10.0 Å². The number of halogens is 2. The number of hydrogen-bond acceptors (Lipinski definition) is 6. The first-order valence-electron chi connectivity index (χ1n) is 13.7. The third-order valence-corrected chi connectivity index (χ3v) is 7.64. The molecule has 10 heteroatoms. The lowest BCUT2D eigenvalue weighted by Gasteiger charge is -2.11. The quantitative estimate of drug-likeness (QED) is 0.204. The van der Waals surface area contributed by atoms with Crippen molar-refractivity contribution in [3.8, 4) is 11.1 Å². The number of carbonyl (C=O) groups excluding carboxylic acids is 2. The molecule has 0 saturated heterocycles. The lowest BCUT2D eigenvalue weighted by molar-refractivity contribution is -0.115. The Morgan fingerprint density at radius 2 is 0.886 bits per heavy atom. The molecule has 2 heterocycles. The molecule has 2 amide bonds. The minimum Gasteiger partial charge on any atom is -0.361 e. The molecule has 0 unspecified atom stereocenters. The van der Waals surface area contributed by atoms with Gasteiger partial charge in [0.2, 0.25) is 0 Å². The lowest BCUT2D eigenvalue weighted by atomic mass is 10.0. The van der Waals surface area contributed by atoms with Crippen LogP contribution >= 0.6 is 23.2 Å². The van der Waals surface area contributed by atoms with Crippen LogP contribution in [-0.2, 0) is 9.59 Å². The maximum absolute atomic E-state index is 13.0. The minimum atomic E-state index is -0.211. The van der Waals surface area contributed by atoms with Gasteiger partial charge in [-0.2, -0.15) is 20.2 Å². The van der Waals surface area contributed by atoms with Crippen molar-refractivity contribution in [1.82, 2.24) is 0 Å². The van der Waals surface area contributed by atoms with Gasteiger partial charge in [-0.3, -0.25) is 9.59 Å². The van der Waals surface area contributed by atoms with Gasteiger partial charge in [-0.1, -0.05) is 47.5 Å². The SMILES string of the molecule is CC1=NN(c2ccc(Cl)cc2)C(=O)C1=CNc1ccc(-c2ccc(N/C=C3/C(=O)N(c4ccc(Cl)cc4)N=C3C)cc2)cc1. The summed E-state index contributed by atoms with van der Waals surface area (Å²) in [7, 11) is 0. The molecule has 0 atom stereocenters. The predicted octanol–water partition coefficient (Wildman–Crippen LogP) is 8.10. The molecule has 2 aliphatic heterocycles. The van der Waals surface area contributed by atoms with Gasteiger partial charge in [-0.15, -0.1) is 0 Å². The Balaban J connectivity index is 1.08. The summed E-state index contributed by atoms with van der Waals surface area (Å²) in [5.41, 5.74) is 7.26. The Kier molecular flexibility index (Phi) is 8.02. The van der Waals surface area contributed by atoms with Crippen LogP contribution in [0.2, 0.25) is 10.0 Å². The van der Waals surface area contributed by atoms with Gasteiger partial charge in [0.05, 0.1) is 33.9 Å². The van der Waals surface area contributed by atoms with E-state index in [1.54, 1.807) is 74.8 Å². The summed E-state index contributed by atoms with van der Waals surface area (Å²) < 4.78 is 0. The van der Waals surface area contributed by atoms with Crippen molar-refractivity contribution in [3.63, 3.8) is 0 Å². The molecule has 4 aromatic rings. The average Bonchev–Trinajstić information content (AvgIpc) is 3.48. The molecule has 0 saturated carbocycles. The number of carbonyl (C=O) groups is 2. The summed E-state index contributed by atoms with van der Waals surface area (Å²) in [4.78, 5) is 25.9. The van der Waals surface area contributed by atoms with Crippen LogP contribution in [0.1, 0.15) is 13.8 Å². The monoisotopic (exact) mass is 620 g/mol. The number of nitrogens with zero attached hydrogens (tertiary/aromatic N) is 4. The van der Waals surface area contributed by atoms with E-state index < -0.39 is 0 Å². The fraction of sp³-hybridized carbons (Fsp3) is 0.0588. The highest BCUT2D eigenvalue weighted by Crippen LogP contribution is 2.28. The molecule has 0 spiro atoms. The van der Waals surface area contributed by atoms with E-state index >= 15 is 0 Å². The van der Waals surface area contributed by atoms with Gasteiger partial charge < -0.3 is 10.6 Å². The van der Waals surface area contributed by atoms with Crippen molar-refractivity contribution < 1.29 is 9.59 Å². The Morgan fingerprint density at radius 1 is 0.545 bits per heavy atom. The summed E-state index contributed by atoms with van der Waals surface area (Å²) in [6, 6.07) is 29.8. The van der Waals surface area contributed by atoms with E-state index in [2.05, 4.69) is 20.8 Å². The van der Waals surface area contributed by atoms with Crippen LogP contribution in [0.4, 0.5) is 22.7 Å². The van der Waals surface area contributed by atoms with Crippen LogP contribution in [-0.4, -0.2) is 23.2 Å². The Bertz CT molecular complexity index is 1720. The molecule has 0 aliphatic carbocycles. The fourth-order valence-corrected chi connectivity index (χ4v) is 4.96. The average molecular weight is 622 g/mol. The highest BCUT2D eigenvalue weighted by Gasteiger charge is 2.29. The molecule has 0 bridgehead atoms.